The summed E-state index contributed by atoms with van der Waals surface area (Å²) < 4.78 is 5.39. The highest BCUT2D eigenvalue weighted by Gasteiger charge is 2.13. The van der Waals surface area contributed by atoms with Crippen LogP contribution in [0.25, 0.3) is 10.9 Å². The molecule has 1 aromatic heterocycles. The largest absolute Gasteiger partial charge is 0.496 e. The third-order valence-corrected chi connectivity index (χ3v) is 3.38. The van der Waals surface area contributed by atoms with Gasteiger partial charge in [0.25, 0.3) is 0 Å². The first kappa shape index (κ1) is 10.4. The van der Waals surface area contributed by atoms with Crippen molar-refractivity contribution in [1.29, 1.82) is 0 Å². The van der Waals surface area contributed by atoms with Gasteiger partial charge in [0, 0.05) is 30.4 Å². The Hall–Kier alpha value is -1.77. The van der Waals surface area contributed by atoms with Gasteiger partial charge in [0.05, 0.1) is 12.6 Å². The van der Waals surface area contributed by atoms with E-state index in [1.165, 1.54) is 18.5 Å². The molecule has 88 valence electrons. The summed E-state index contributed by atoms with van der Waals surface area (Å²) in [5.41, 5.74) is 2.27. The third kappa shape index (κ3) is 1.82. The van der Waals surface area contributed by atoms with Crippen molar-refractivity contribution >= 4 is 16.6 Å². The zero-order chi connectivity index (χ0) is 11.7. The molecule has 0 unspecified atom stereocenters. The fourth-order valence-electron chi connectivity index (χ4n) is 2.46. The first-order valence-corrected chi connectivity index (χ1v) is 6.06. The highest BCUT2D eigenvalue weighted by molar-refractivity contribution is 5.88. The number of nitrogens with zero attached hydrogens (tertiary/aromatic N) is 2. The fourth-order valence-corrected chi connectivity index (χ4v) is 2.46. The second kappa shape index (κ2) is 4.24. The van der Waals surface area contributed by atoms with Gasteiger partial charge in [-0.15, -0.1) is 0 Å². The standard InChI is InChI=1S/C14H16N2O/c1-17-14-6-7-15-13-5-4-11(10-12(13)14)16-8-2-3-9-16/h4-7,10H,2-3,8-9H2,1H3. The van der Waals surface area contributed by atoms with Crippen LogP contribution >= 0.6 is 0 Å². The van der Waals surface area contributed by atoms with Crippen LogP contribution in [-0.4, -0.2) is 25.2 Å². The van der Waals surface area contributed by atoms with Crippen LogP contribution in [0, 0.1) is 0 Å². The monoisotopic (exact) mass is 228 g/mol. The minimum atomic E-state index is 0.899. The van der Waals surface area contributed by atoms with E-state index in [2.05, 4.69) is 28.1 Å². The van der Waals surface area contributed by atoms with E-state index in [9.17, 15) is 0 Å². The molecule has 1 aliphatic rings. The van der Waals surface area contributed by atoms with Gasteiger partial charge in [0.15, 0.2) is 0 Å². The van der Waals surface area contributed by atoms with Crippen LogP contribution in [0.3, 0.4) is 0 Å². The lowest BCUT2D eigenvalue weighted by molar-refractivity contribution is 0.419. The number of hydrogen-bond acceptors (Lipinski definition) is 3. The molecule has 1 fully saturated rings. The molecule has 3 heteroatoms. The second-order valence-electron chi connectivity index (χ2n) is 4.41. The second-order valence-corrected chi connectivity index (χ2v) is 4.41. The Bertz CT molecular complexity index is 533. The van der Waals surface area contributed by atoms with E-state index in [0.717, 1.165) is 29.7 Å². The molecular weight excluding hydrogens is 212 g/mol. The van der Waals surface area contributed by atoms with Crippen molar-refractivity contribution in [2.75, 3.05) is 25.1 Å². The number of methoxy groups -OCH3 is 1. The Morgan fingerprint density at radius 1 is 1.18 bits per heavy atom. The maximum Gasteiger partial charge on any atom is 0.129 e. The van der Waals surface area contributed by atoms with Gasteiger partial charge < -0.3 is 9.64 Å². The van der Waals surface area contributed by atoms with Gasteiger partial charge in [-0.3, -0.25) is 4.98 Å². The number of rotatable bonds is 2. The van der Waals surface area contributed by atoms with Crippen LogP contribution in [0.15, 0.2) is 30.5 Å². The molecule has 0 atom stereocenters. The highest BCUT2D eigenvalue weighted by atomic mass is 16.5. The number of ether oxygens (including phenoxy) is 1. The Kier molecular flexibility index (Phi) is 2.59. The lowest BCUT2D eigenvalue weighted by atomic mass is 10.1. The maximum atomic E-state index is 5.39. The van der Waals surface area contributed by atoms with Crippen LogP contribution in [0.4, 0.5) is 5.69 Å². The Labute approximate surface area is 101 Å². The molecule has 0 saturated carbocycles. The summed E-state index contributed by atoms with van der Waals surface area (Å²) in [6, 6.07) is 8.33. The molecular formula is C14H16N2O. The molecule has 17 heavy (non-hydrogen) atoms. The molecule has 0 spiro atoms. The van der Waals surface area contributed by atoms with E-state index in [1.54, 1.807) is 13.3 Å². The number of hydrogen-bond donors (Lipinski definition) is 0. The van der Waals surface area contributed by atoms with Crippen molar-refractivity contribution in [2.45, 2.75) is 12.8 Å². The molecule has 0 aliphatic carbocycles. The van der Waals surface area contributed by atoms with Crippen molar-refractivity contribution in [3.8, 4) is 5.75 Å². The lowest BCUT2D eigenvalue weighted by Crippen LogP contribution is -2.17. The summed E-state index contributed by atoms with van der Waals surface area (Å²) in [7, 11) is 1.71. The summed E-state index contributed by atoms with van der Waals surface area (Å²) in [6.45, 7) is 2.32. The summed E-state index contributed by atoms with van der Waals surface area (Å²) >= 11 is 0. The van der Waals surface area contributed by atoms with E-state index in [4.69, 9.17) is 4.74 Å². The van der Waals surface area contributed by atoms with Gasteiger partial charge in [-0.1, -0.05) is 0 Å². The quantitative estimate of drug-likeness (QED) is 0.790. The van der Waals surface area contributed by atoms with Gasteiger partial charge in [-0.25, -0.2) is 0 Å². The van der Waals surface area contributed by atoms with Crippen molar-refractivity contribution < 1.29 is 4.74 Å². The zero-order valence-electron chi connectivity index (χ0n) is 10.0. The summed E-state index contributed by atoms with van der Waals surface area (Å²) in [5, 5.41) is 1.10. The van der Waals surface area contributed by atoms with Gasteiger partial charge in [-0.05, 0) is 37.1 Å². The average molecular weight is 228 g/mol. The number of anilines is 1. The van der Waals surface area contributed by atoms with E-state index >= 15 is 0 Å². The molecule has 1 saturated heterocycles. The molecule has 1 aromatic carbocycles. The number of aromatic nitrogens is 1. The molecule has 0 amide bonds. The summed E-state index contributed by atoms with van der Waals surface area (Å²) in [6.07, 6.45) is 4.38. The van der Waals surface area contributed by atoms with Gasteiger partial charge >= 0.3 is 0 Å². The normalized spacial score (nSPS) is 15.5. The minimum Gasteiger partial charge on any atom is -0.496 e. The summed E-state index contributed by atoms with van der Waals surface area (Å²) in [4.78, 5) is 6.78. The fraction of sp³-hybridized carbons (Fsp3) is 0.357. The Morgan fingerprint density at radius 3 is 2.76 bits per heavy atom. The van der Waals surface area contributed by atoms with E-state index < -0.39 is 0 Å². The zero-order valence-corrected chi connectivity index (χ0v) is 10.0. The molecule has 0 bridgehead atoms. The van der Waals surface area contributed by atoms with Crippen molar-refractivity contribution in [2.24, 2.45) is 0 Å². The van der Waals surface area contributed by atoms with Crippen molar-refractivity contribution in [3.05, 3.63) is 30.5 Å². The smallest absolute Gasteiger partial charge is 0.129 e. The number of fused-ring (bicyclic) bond motifs is 1. The molecule has 2 aromatic rings. The van der Waals surface area contributed by atoms with Gasteiger partial charge in [0.1, 0.15) is 5.75 Å². The predicted molar refractivity (Wildman–Crippen MR) is 69.7 cm³/mol. The van der Waals surface area contributed by atoms with Crippen LogP contribution < -0.4 is 9.64 Å². The lowest BCUT2D eigenvalue weighted by Gasteiger charge is -2.18. The maximum absolute atomic E-state index is 5.39. The molecule has 2 heterocycles. The number of pyridine rings is 1. The first-order chi connectivity index (χ1) is 8.38. The SMILES string of the molecule is COc1ccnc2ccc(N3CCCC3)cc12. The minimum absolute atomic E-state index is 0.899. The molecule has 1 aliphatic heterocycles. The average Bonchev–Trinajstić information content (AvgIpc) is 2.91. The topological polar surface area (TPSA) is 25.4 Å². The van der Waals surface area contributed by atoms with Crippen LogP contribution in [0.1, 0.15) is 12.8 Å². The van der Waals surface area contributed by atoms with E-state index in [1.807, 2.05) is 6.07 Å². The van der Waals surface area contributed by atoms with Crippen LogP contribution in [-0.2, 0) is 0 Å². The predicted octanol–water partition coefficient (Wildman–Crippen LogP) is 2.84. The Balaban J connectivity index is 2.10. The van der Waals surface area contributed by atoms with Crippen LogP contribution in [0.2, 0.25) is 0 Å². The number of benzene rings is 1. The molecule has 3 rings (SSSR count). The Morgan fingerprint density at radius 2 is 2.00 bits per heavy atom. The molecule has 3 nitrogen and oxygen atoms in total. The molecule has 0 radical (unpaired) electrons. The third-order valence-electron chi connectivity index (χ3n) is 3.38. The van der Waals surface area contributed by atoms with Crippen molar-refractivity contribution in [3.63, 3.8) is 0 Å². The van der Waals surface area contributed by atoms with Gasteiger partial charge in [-0.2, -0.15) is 0 Å². The van der Waals surface area contributed by atoms with E-state index in [0.29, 0.717) is 0 Å². The first-order valence-electron chi connectivity index (χ1n) is 6.06. The van der Waals surface area contributed by atoms with Crippen molar-refractivity contribution in [1.82, 2.24) is 4.98 Å². The van der Waals surface area contributed by atoms with Gasteiger partial charge in [0.2, 0.25) is 0 Å². The molecule has 0 N–H and O–H groups in total. The summed E-state index contributed by atoms with van der Waals surface area (Å²) in [5.74, 6) is 0.899. The van der Waals surface area contributed by atoms with Crippen LogP contribution in [0.5, 0.6) is 5.75 Å². The highest BCUT2D eigenvalue weighted by Crippen LogP contribution is 2.29. The van der Waals surface area contributed by atoms with E-state index in [-0.39, 0.29) is 0 Å².